The fourth-order valence-corrected chi connectivity index (χ4v) is 1.33. The lowest BCUT2D eigenvalue weighted by atomic mass is 10.1. The molecule has 0 heterocycles. The molecule has 1 aromatic rings. The second-order valence-corrected chi connectivity index (χ2v) is 3.51. The van der Waals surface area contributed by atoms with Gasteiger partial charge in [-0.05, 0) is 25.1 Å². The first-order valence-electron chi connectivity index (χ1n) is 5.08. The van der Waals surface area contributed by atoms with Crippen molar-refractivity contribution in [3.63, 3.8) is 0 Å². The van der Waals surface area contributed by atoms with Crippen molar-refractivity contribution < 1.29 is 18.1 Å². The van der Waals surface area contributed by atoms with Gasteiger partial charge in [-0.2, -0.15) is 13.2 Å². The average molecular weight is 260 g/mol. The zero-order valence-electron chi connectivity index (χ0n) is 9.28. The number of benzene rings is 1. The minimum absolute atomic E-state index is 0.126. The molecule has 0 saturated carbocycles. The highest BCUT2D eigenvalue weighted by atomic mass is 19.4. The van der Waals surface area contributed by atoms with Gasteiger partial charge in [0.05, 0.1) is 16.1 Å². The second-order valence-electron chi connectivity index (χ2n) is 3.51. The largest absolute Gasteiger partial charge is 0.416 e. The van der Waals surface area contributed by atoms with Crippen molar-refractivity contribution in [2.45, 2.75) is 12.6 Å². The van der Waals surface area contributed by atoms with E-state index in [1.165, 1.54) is 6.08 Å². The lowest BCUT2D eigenvalue weighted by Gasteiger charge is -2.07. The Hall–Kier alpha value is -1.89. The van der Waals surface area contributed by atoms with Gasteiger partial charge in [0.15, 0.2) is 0 Å². The molecule has 1 rings (SSSR count). The van der Waals surface area contributed by atoms with Gasteiger partial charge in [0.25, 0.3) is 5.69 Å². The molecule has 0 radical (unpaired) electrons. The van der Waals surface area contributed by atoms with Gasteiger partial charge in [-0.3, -0.25) is 10.1 Å². The normalized spacial score (nSPS) is 12.0. The van der Waals surface area contributed by atoms with E-state index in [-0.39, 0.29) is 5.56 Å². The Bertz CT molecular complexity index is 470. The van der Waals surface area contributed by atoms with E-state index in [4.69, 9.17) is 5.73 Å². The summed E-state index contributed by atoms with van der Waals surface area (Å²) < 4.78 is 37.2. The summed E-state index contributed by atoms with van der Waals surface area (Å²) in [6, 6.07) is 2.42. The molecule has 0 fully saturated rings. The van der Waals surface area contributed by atoms with E-state index in [0.29, 0.717) is 19.0 Å². The van der Waals surface area contributed by atoms with Crippen LogP contribution >= 0.6 is 0 Å². The summed E-state index contributed by atoms with van der Waals surface area (Å²) in [4.78, 5) is 9.88. The molecule has 1 aromatic carbocycles. The number of alkyl halides is 3. The maximum absolute atomic E-state index is 12.4. The van der Waals surface area contributed by atoms with Crippen molar-refractivity contribution in [1.29, 1.82) is 0 Å². The molecule has 0 aromatic heterocycles. The van der Waals surface area contributed by atoms with Gasteiger partial charge in [0.2, 0.25) is 0 Å². The van der Waals surface area contributed by atoms with E-state index >= 15 is 0 Å². The van der Waals surface area contributed by atoms with Crippen molar-refractivity contribution in [1.82, 2.24) is 0 Å². The van der Waals surface area contributed by atoms with E-state index in [1.807, 2.05) is 0 Å². The van der Waals surface area contributed by atoms with E-state index in [9.17, 15) is 23.3 Å². The summed E-state index contributed by atoms with van der Waals surface area (Å²) in [5, 5.41) is 10.7. The van der Waals surface area contributed by atoms with Crippen LogP contribution in [0.2, 0.25) is 0 Å². The van der Waals surface area contributed by atoms with Crippen LogP contribution in [0.1, 0.15) is 17.5 Å². The fraction of sp³-hybridized carbons (Fsp3) is 0.273. The number of nitrogens with zero attached hydrogens (tertiary/aromatic N) is 1. The Kier molecular flexibility index (Phi) is 4.43. The second kappa shape index (κ2) is 5.63. The minimum Gasteiger partial charge on any atom is -0.330 e. The first-order valence-corrected chi connectivity index (χ1v) is 5.08. The Balaban J connectivity index is 3.17. The first-order chi connectivity index (χ1) is 8.36. The van der Waals surface area contributed by atoms with Crippen LogP contribution in [0.5, 0.6) is 0 Å². The zero-order chi connectivity index (χ0) is 13.8. The topological polar surface area (TPSA) is 69.2 Å². The Morgan fingerprint density at radius 3 is 2.56 bits per heavy atom. The molecule has 2 N–H and O–H groups in total. The molecule has 0 amide bonds. The van der Waals surface area contributed by atoms with Gasteiger partial charge in [-0.1, -0.05) is 12.2 Å². The van der Waals surface area contributed by atoms with E-state index in [2.05, 4.69) is 0 Å². The molecule has 0 aliphatic rings. The molecule has 18 heavy (non-hydrogen) atoms. The monoisotopic (exact) mass is 260 g/mol. The molecule has 4 nitrogen and oxygen atoms in total. The standard InChI is InChI=1S/C11H11F3N2O2/c12-11(13,14)9-5-4-8(3-1-2-6-15)10(7-9)16(17)18/h1,3-5,7H,2,6,15H2. The lowest BCUT2D eigenvalue weighted by Crippen LogP contribution is -2.06. The van der Waals surface area contributed by atoms with E-state index in [0.717, 1.165) is 12.1 Å². The molecule has 0 saturated heterocycles. The van der Waals surface area contributed by atoms with Crippen molar-refractivity contribution >= 4 is 11.8 Å². The van der Waals surface area contributed by atoms with Gasteiger partial charge in [0, 0.05) is 6.07 Å². The molecule has 0 aliphatic carbocycles. The zero-order valence-corrected chi connectivity index (χ0v) is 9.28. The predicted octanol–water partition coefficient (Wildman–Crippen LogP) is 2.98. The van der Waals surface area contributed by atoms with Gasteiger partial charge in [-0.15, -0.1) is 0 Å². The fourth-order valence-electron chi connectivity index (χ4n) is 1.33. The molecule has 7 heteroatoms. The molecule has 0 aliphatic heterocycles. The van der Waals surface area contributed by atoms with Crippen molar-refractivity contribution in [3.8, 4) is 0 Å². The van der Waals surface area contributed by atoms with Gasteiger partial charge < -0.3 is 5.73 Å². The molecule has 0 unspecified atom stereocenters. The Morgan fingerprint density at radius 1 is 1.39 bits per heavy atom. The number of nitro benzene ring substituents is 1. The number of hydrogen-bond donors (Lipinski definition) is 1. The third-order valence-electron chi connectivity index (χ3n) is 2.19. The minimum atomic E-state index is -4.59. The van der Waals surface area contributed by atoms with Crippen LogP contribution in [-0.4, -0.2) is 11.5 Å². The van der Waals surface area contributed by atoms with Gasteiger partial charge >= 0.3 is 6.18 Å². The van der Waals surface area contributed by atoms with Crippen molar-refractivity contribution in [2.24, 2.45) is 5.73 Å². The van der Waals surface area contributed by atoms with Crippen LogP contribution < -0.4 is 5.73 Å². The van der Waals surface area contributed by atoms with Gasteiger partial charge in [-0.25, -0.2) is 0 Å². The van der Waals surface area contributed by atoms with E-state index < -0.39 is 22.4 Å². The number of nitro groups is 1. The third kappa shape index (κ3) is 3.56. The molecule has 0 bridgehead atoms. The van der Waals surface area contributed by atoms with Crippen LogP contribution in [0.4, 0.5) is 18.9 Å². The van der Waals surface area contributed by atoms with Crippen LogP contribution in [0.15, 0.2) is 24.3 Å². The highest BCUT2D eigenvalue weighted by molar-refractivity contribution is 5.62. The van der Waals surface area contributed by atoms with Crippen LogP contribution in [0.25, 0.3) is 6.08 Å². The molecule has 98 valence electrons. The van der Waals surface area contributed by atoms with Crippen LogP contribution in [0.3, 0.4) is 0 Å². The number of hydrogen-bond acceptors (Lipinski definition) is 3. The summed E-state index contributed by atoms with van der Waals surface area (Å²) >= 11 is 0. The summed E-state index contributed by atoms with van der Waals surface area (Å²) in [7, 11) is 0. The maximum Gasteiger partial charge on any atom is 0.416 e. The molecular weight excluding hydrogens is 249 g/mol. The molecule has 0 atom stereocenters. The highest BCUT2D eigenvalue weighted by Crippen LogP contribution is 2.33. The summed E-state index contributed by atoms with van der Waals surface area (Å²) in [5.41, 5.74) is 3.76. The SMILES string of the molecule is NCCC=Cc1ccc(C(F)(F)F)cc1[N+](=O)[O-]. The third-order valence-corrected chi connectivity index (χ3v) is 2.19. The van der Waals surface area contributed by atoms with Crippen LogP contribution in [0, 0.1) is 10.1 Å². The first kappa shape index (κ1) is 14.2. The summed E-state index contributed by atoms with van der Waals surface area (Å²) in [6.45, 7) is 0.366. The predicted molar refractivity (Wildman–Crippen MR) is 60.8 cm³/mol. The summed E-state index contributed by atoms with van der Waals surface area (Å²) in [5.74, 6) is 0. The molecular formula is C11H11F3N2O2. The van der Waals surface area contributed by atoms with Gasteiger partial charge in [0.1, 0.15) is 0 Å². The number of nitrogens with two attached hydrogens (primary N) is 1. The number of rotatable bonds is 4. The Morgan fingerprint density at radius 2 is 2.06 bits per heavy atom. The highest BCUT2D eigenvalue weighted by Gasteiger charge is 2.32. The smallest absolute Gasteiger partial charge is 0.330 e. The summed E-state index contributed by atoms with van der Waals surface area (Å²) in [6.07, 6.45) is -1.12. The van der Waals surface area contributed by atoms with Crippen molar-refractivity contribution in [3.05, 3.63) is 45.5 Å². The van der Waals surface area contributed by atoms with Crippen molar-refractivity contribution in [2.75, 3.05) is 6.54 Å². The average Bonchev–Trinajstić information content (AvgIpc) is 2.28. The number of halogens is 3. The van der Waals surface area contributed by atoms with E-state index in [1.54, 1.807) is 6.08 Å². The molecule has 0 spiro atoms. The lowest BCUT2D eigenvalue weighted by molar-refractivity contribution is -0.385. The Labute approximate surface area is 101 Å². The van der Waals surface area contributed by atoms with Crippen LogP contribution in [-0.2, 0) is 6.18 Å². The quantitative estimate of drug-likeness (QED) is 0.668. The maximum atomic E-state index is 12.4.